The standard InChI is InChI=1S/C16H14Cl2O/c1-10-9-14(17)11(2)8-13(10)15(18)16(19)12-6-4-3-5-7-12/h3-9,15H,1-2H3. The van der Waals surface area contributed by atoms with E-state index in [1.54, 1.807) is 12.1 Å². The minimum absolute atomic E-state index is 0.0907. The summed E-state index contributed by atoms with van der Waals surface area (Å²) in [5.41, 5.74) is 3.29. The molecule has 3 heteroatoms. The lowest BCUT2D eigenvalue weighted by Gasteiger charge is -2.14. The molecule has 1 unspecified atom stereocenters. The van der Waals surface area contributed by atoms with Crippen molar-refractivity contribution in [1.29, 1.82) is 0 Å². The van der Waals surface area contributed by atoms with Gasteiger partial charge in [0.15, 0.2) is 5.78 Å². The molecule has 0 amide bonds. The second kappa shape index (κ2) is 5.77. The fourth-order valence-electron chi connectivity index (χ4n) is 1.97. The summed E-state index contributed by atoms with van der Waals surface area (Å²) in [6, 6.07) is 12.8. The third kappa shape index (κ3) is 2.99. The van der Waals surface area contributed by atoms with Gasteiger partial charge in [0.1, 0.15) is 5.38 Å². The first kappa shape index (κ1) is 14.1. The topological polar surface area (TPSA) is 17.1 Å². The molecule has 0 aliphatic heterocycles. The van der Waals surface area contributed by atoms with Crippen molar-refractivity contribution >= 4 is 29.0 Å². The van der Waals surface area contributed by atoms with E-state index in [1.807, 2.05) is 44.2 Å². The van der Waals surface area contributed by atoms with Crippen LogP contribution in [0.4, 0.5) is 0 Å². The largest absolute Gasteiger partial charge is 0.292 e. The quantitative estimate of drug-likeness (QED) is 0.567. The predicted octanol–water partition coefficient (Wildman–Crippen LogP) is 5.12. The predicted molar refractivity (Wildman–Crippen MR) is 80.3 cm³/mol. The summed E-state index contributed by atoms with van der Waals surface area (Å²) in [6.07, 6.45) is 0. The second-order valence-electron chi connectivity index (χ2n) is 4.55. The first-order valence-electron chi connectivity index (χ1n) is 6.00. The molecule has 0 bridgehead atoms. The average molecular weight is 293 g/mol. The molecule has 0 fully saturated rings. The maximum absolute atomic E-state index is 12.3. The second-order valence-corrected chi connectivity index (χ2v) is 5.39. The summed E-state index contributed by atoms with van der Waals surface area (Å²) in [5.74, 6) is -0.0907. The van der Waals surface area contributed by atoms with Crippen LogP contribution < -0.4 is 0 Å². The number of halogens is 2. The number of benzene rings is 2. The SMILES string of the molecule is Cc1cc(C(Cl)C(=O)c2ccccc2)c(C)cc1Cl. The number of rotatable bonds is 3. The minimum Gasteiger partial charge on any atom is -0.292 e. The summed E-state index contributed by atoms with van der Waals surface area (Å²) in [5, 5.41) is 0.00986. The normalized spacial score (nSPS) is 12.2. The zero-order valence-electron chi connectivity index (χ0n) is 10.8. The van der Waals surface area contributed by atoms with Crippen molar-refractivity contribution in [3.8, 4) is 0 Å². The number of hydrogen-bond donors (Lipinski definition) is 0. The third-order valence-corrected chi connectivity index (χ3v) is 3.95. The smallest absolute Gasteiger partial charge is 0.185 e. The van der Waals surface area contributed by atoms with Gasteiger partial charge in [0.2, 0.25) is 0 Å². The molecule has 0 saturated carbocycles. The van der Waals surface area contributed by atoms with E-state index < -0.39 is 5.38 Å². The first-order valence-corrected chi connectivity index (χ1v) is 6.82. The molecule has 0 radical (unpaired) electrons. The Morgan fingerprint density at radius 1 is 1.05 bits per heavy atom. The molecule has 19 heavy (non-hydrogen) atoms. The van der Waals surface area contributed by atoms with Gasteiger partial charge < -0.3 is 0 Å². The summed E-state index contributed by atoms with van der Waals surface area (Å²) in [6.45, 7) is 3.82. The van der Waals surface area contributed by atoms with Crippen molar-refractivity contribution in [2.45, 2.75) is 19.2 Å². The van der Waals surface area contributed by atoms with Crippen LogP contribution in [0.15, 0.2) is 42.5 Å². The Labute approximate surface area is 123 Å². The molecule has 0 heterocycles. The van der Waals surface area contributed by atoms with Crippen molar-refractivity contribution in [3.05, 3.63) is 69.7 Å². The monoisotopic (exact) mass is 292 g/mol. The van der Waals surface area contributed by atoms with Gasteiger partial charge in [-0.2, -0.15) is 0 Å². The van der Waals surface area contributed by atoms with Crippen molar-refractivity contribution in [3.63, 3.8) is 0 Å². The molecular formula is C16H14Cl2O. The third-order valence-electron chi connectivity index (χ3n) is 3.11. The number of Topliss-reactive ketones (excluding diaryl/α,β-unsaturated/α-hetero) is 1. The van der Waals surface area contributed by atoms with Gasteiger partial charge >= 0.3 is 0 Å². The molecule has 0 N–H and O–H groups in total. The highest BCUT2D eigenvalue weighted by atomic mass is 35.5. The fraction of sp³-hybridized carbons (Fsp3) is 0.188. The number of carbonyl (C=O) groups excluding carboxylic acids is 1. The van der Waals surface area contributed by atoms with Crippen molar-refractivity contribution in [2.75, 3.05) is 0 Å². The van der Waals surface area contributed by atoms with Crippen LogP contribution in [-0.4, -0.2) is 5.78 Å². The molecule has 0 aliphatic carbocycles. The highest BCUT2D eigenvalue weighted by Crippen LogP contribution is 2.31. The van der Waals surface area contributed by atoms with Crippen LogP contribution in [0, 0.1) is 13.8 Å². The lowest BCUT2D eigenvalue weighted by Crippen LogP contribution is -2.09. The lowest BCUT2D eigenvalue weighted by atomic mass is 9.97. The van der Waals surface area contributed by atoms with Crippen LogP contribution in [0.2, 0.25) is 5.02 Å². The van der Waals surface area contributed by atoms with Crippen LogP contribution >= 0.6 is 23.2 Å². The molecule has 1 nitrogen and oxygen atoms in total. The molecule has 1 atom stereocenters. The van der Waals surface area contributed by atoms with E-state index in [0.717, 1.165) is 16.7 Å². The molecule has 0 spiro atoms. The molecule has 98 valence electrons. The fourth-order valence-corrected chi connectivity index (χ4v) is 2.55. The molecular weight excluding hydrogens is 279 g/mol. The van der Waals surface area contributed by atoms with E-state index in [0.29, 0.717) is 10.6 Å². The number of alkyl halides is 1. The molecule has 2 rings (SSSR count). The molecule has 0 aromatic heterocycles. The van der Waals surface area contributed by atoms with Crippen molar-refractivity contribution in [1.82, 2.24) is 0 Å². The lowest BCUT2D eigenvalue weighted by molar-refractivity contribution is 0.0987. The Balaban J connectivity index is 2.37. The molecule has 2 aromatic rings. The van der Waals surface area contributed by atoms with Gasteiger partial charge in [-0.05, 0) is 36.6 Å². The van der Waals surface area contributed by atoms with Crippen LogP contribution in [-0.2, 0) is 0 Å². The van der Waals surface area contributed by atoms with Gasteiger partial charge in [0, 0.05) is 10.6 Å². The Kier molecular flexibility index (Phi) is 4.28. The summed E-state index contributed by atoms with van der Waals surface area (Å²) < 4.78 is 0. The van der Waals surface area contributed by atoms with E-state index in [1.165, 1.54) is 0 Å². The Morgan fingerprint density at radius 2 is 1.68 bits per heavy atom. The highest BCUT2D eigenvalue weighted by molar-refractivity contribution is 6.34. The molecule has 0 aliphatic rings. The molecule has 0 saturated heterocycles. The van der Waals surface area contributed by atoms with E-state index >= 15 is 0 Å². The Morgan fingerprint density at radius 3 is 2.32 bits per heavy atom. The Hall–Kier alpha value is -1.31. The number of ketones is 1. The average Bonchev–Trinajstić information content (AvgIpc) is 2.42. The van der Waals surface area contributed by atoms with E-state index in [-0.39, 0.29) is 5.78 Å². The maximum atomic E-state index is 12.3. The van der Waals surface area contributed by atoms with Gasteiger partial charge in [0.25, 0.3) is 0 Å². The zero-order valence-corrected chi connectivity index (χ0v) is 12.3. The maximum Gasteiger partial charge on any atom is 0.185 e. The van der Waals surface area contributed by atoms with Gasteiger partial charge in [-0.3, -0.25) is 4.79 Å². The van der Waals surface area contributed by atoms with Crippen molar-refractivity contribution in [2.24, 2.45) is 0 Å². The summed E-state index contributed by atoms with van der Waals surface area (Å²) in [7, 11) is 0. The van der Waals surface area contributed by atoms with Gasteiger partial charge in [-0.15, -0.1) is 11.6 Å². The number of carbonyl (C=O) groups is 1. The van der Waals surface area contributed by atoms with Gasteiger partial charge in [0.05, 0.1) is 0 Å². The van der Waals surface area contributed by atoms with E-state index in [4.69, 9.17) is 23.2 Å². The van der Waals surface area contributed by atoms with Crippen LogP contribution in [0.5, 0.6) is 0 Å². The summed E-state index contributed by atoms with van der Waals surface area (Å²) in [4.78, 5) is 12.3. The van der Waals surface area contributed by atoms with E-state index in [2.05, 4.69) is 0 Å². The van der Waals surface area contributed by atoms with E-state index in [9.17, 15) is 4.79 Å². The van der Waals surface area contributed by atoms with Crippen molar-refractivity contribution < 1.29 is 4.79 Å². The van der Waals surface area contributed by atoms with Crippen LogP contribution in [0.3, 0.4) is 0 Å². The van der Waals surface area contributed by atoms with Gasteiger partial charge in [-0.1, -0.05) is 48.0 Å². The summed E-state index contributed by atoms with van der Waals surface area (Å²) >= 11 is 12.4. The highest BCUT2D eigenvalue weighted by Gasteiger charge is 2.21. The zero-order chi connectivity index (χ0) is 14.0. The Bertz CT molecular complexity index is 606. The van der Waals surface area contributed by atoms with Crippen LogP contribution in [0.1, 0.15) is 32.4 Å². The first-order chi connectivity index (χ1) is 9.00. The number of hydrogen-bond acceptors (Lipinski definition) is 1. The number of aryl methyl sites for hydroxylation is 2. The molecule has 2 aromatic carbocycles. The van der Waals surface area contributed by atoms with Gasteiger partial charge in [-0.25, -0.2) is 0 Å². The van der Waals surface area contributed by atoms with Crippen LogP contribution in [0.25, 0.3) is 0 Å². The minimum atomic E-state index is -0.682.